The van der Waals surface area contributed by atoms with Crippen molar-refractivity contribution < 1.29 is 9.53 Å². The molecule has 9 heteroatoms. The van der Waals surface area contributed by atoms with Crippen LogP contribution in [0.3, 0.4) is 0 Å². The molecule has 1 aliphatic rings. The molecular weight excluding hydrogens is 414 g/mol. The predicted molar refractivity (Wildman–Crippen MR) is 103 cm³/mol. The molecule has 27 heavy (non-hydrogen) atoms. The molecule has 1 unspecified atom stereocenters. The molecule has 2 aromatic rings. The largest absolute Gasteiger partial charge is 0.463 e. The summed E-state index contributed by atoms with van der Waals surface area (Å²) >= 11 is 3.28. The maximum Gasteiger partial charge on any atom is 0.316 e. The summed E-state index contributed by atoms with van der Waals surface area (Å²) in [4.78, 5) is 39.1. The van der Waals surface area contributed by atoms with E-state index in [1.54, 1.807) is 31.1 Å². The molecule has 0 radical (unpaired) electrons. The van der Waals surface area contributed by atoms with Gasteiger partial charge in [-0.25, -0.2) is 15.0 Å². The smallest absolute Gasteiger partial charge is 0.316 e. The summed E-state index contributed by atoms with van der Waals surface area (Å²) in [5.41, 5.74) is 1.10. The van der Waals surface area contributed by atoms with Crippen LogP contribution in [-0.4, -0.2) is 50.0 Å². The average molecular weight is 436 g/mol. The van der Waals surface area contributed by atoms with Gasteiger partial charge in [0.1, 0.15) is 6.54 Å². The first-order chi connectivity index (χ1) is 12.9. The number of hydrogen-bond acceptors (Lipinski definition) is 6. The van der Waals surface area contributed by atoms with Crippen molar-refractivity contribution in [2.45, 2.75) is 33.2 Å². The van der Waals surface area contributed by atoms with Crippen LogP contribution >= 0.6 is 15.9 Å². The number of carbonyl (C=O) groups is 1. The second-order valence-corrected chi connectivity index (χ2v) is 7.65. The standard InChI is InChI=1S/C18H22BrN5O3/c1-12-13(2)22-11-24(17(12)26)9-16(25)23-5-3-4-14(8-23)10-27-18-20-6-15(19)7-21-18/h6-7,11,14H,3-5,8-10H2,1-2H3. The first kappa shape index (κ1) is 19.5. The Morgan fingerprint density at radius 1 is 1.30 bits per heavy atom. The highest BCUT2D eigenvalue weighted by Crippen LogP contribution is 2.18. The zero-order valence-electron chi connectivity index (χ0n) is 15.4. The molecule has 0 aromatic carbocycles. The fourth-order valence-corrected chi connectivity index (χ4v) is 3.23. The summed E-state index contributed by atoms with van der Waals surface area (Å²) in [5.74, 6) is 0.135. The number of nitrogens with zero attached hydrogens (tertiary/aromatic N) is 5. The van der Waals surface area contributed by atoms with Crippen LogP contribution in [0.4, 0.5) is 0 Å². The minimum Gasteiger partial charge on any atom is -0.463 e. The molecule has 0 bridgehead atoms. The van der Waals surface area contributed by atoms with Gasteiger partial charge < -0.3 is 9.64 Å². The zero-order chi connectivity index (χ0) is 19.4. The molecule has 144 valence electrons. The molecule has 3 rings (SSSR count). The number of carbonyl (C=O) groups excluding carboxylic acids is 1. The molecule has 8 nitrogen and oxygen atoms in total. The maximum absolute atomic E-state index is 12.6. The lowest BCUT2D eigenvalue weighted by Crippen LogP contribution is -2.44. The third kappa shape index (κ3) is 4.91. The van der Waals surface area contributed by atoms with E-state index in [2.05, 4.69) is 30.9 Å². The number of amides is 1. The van der Waals surface area contributed by atoms with E-state index in [-0.39, 0.29) is 23.9 Å². The Morgan fingerprint density at radius 2 is 2.04 bits per heavy atom. The monoisotopic (exact) mass is 435 g/mol. The Labute approximate surface area is 165 Å². The van der Waals surface area contributed by atoms with Gasteiger partial charge in [-0.15, -0.1) is 0 Å². The predicted octanol–water partition coefficient (Wildman–Crippen LogP) is 1.73. The number of aromatic nitrogens is 4. The van der Waals surface area contributed by atoms with Crippen LogP contribution in [0.25, 0.3) is 0 Å². The van der Waals surface area contributed by atoms with Crippen LogP contribution in [-0.2, 0) is 11.3 Å². The lowest BCUT2D eigenvalue weighted by molar-refractivity contribution is -0.134. The maximum atomic E-state index is 12.6. The van der Waals surface area contributed by atoms with Crippen LogP contribution in [0.2, 0.25) is 0 Å². The van der Waals surface area contributed by atoms with E-state index in [1.807, 2.05) is 0 Å². The Kier molecular flexibility index (Phi) is 6.20. The molecule has 1 amide bonds. The van der Waals surface area contributed by atoms with Gasteiger partial charge in [-0.1, -0.05) is 0 Å². The normalized spacial score (nSPS) is 17.0. The molecule has 0 aliphatic carbocycles. The fourth-order valence-electron chi connectivity index (χ4n) is 3.03. The summed E-state index contributed by atoms with van der Waals surface area (Å²) in [6.07, 6.45) is 6.59. The summed E-state index contributed by atoms with van der Waals surface area (Å²) < 4.78 is 7.82. The van der Waals surface area contributed by atoms with Gasteiger partial charge in [0.15, 0.2) is 0 Å². The van der Waals surface area contributed by atoms with Gasteiger partial charge in [-0.3, -0.25) is 14.2 Å². The second kappa shape index (κ2) is 8.60. The highest BCUT2D eigenvalue weighted by molar-refractivity contribution is 9.10. The van der Waals surface area contributed by atoms with E-state index >= 15 is 0 Å². The van der Waals surface area contributed by atoms with E-state index in [0.717, 1.165) is 17.3 Å². The fraction of sp³-hybridized carbons (Fsp3) is 0.500. The number of halogens is 1. The van der Waals surface area contributed by atoms with Crippen molar-refractivity contribution in [1.82, 2.24) is 24.4 Å². The molecule has 0 saturated carbocycles. The first-order valence-electron chi connectivity index (χ1n) is 8.85. The van der Waals surface area contributed by atoms with Gasteiger partial charge in [0.2, 0.25) is 5.91 Å². The lowest BCUT2D eigenvalue weighted by atomic mass is 9.99. The molecule has 0 N–H and O–H groups in total. The highest BCUT2D eigenvalue weighted by Gasteiger charge is 2.25. The molecule has 1 atom stereocenters. The number of ether oxygens (including phenoxy) is 1. The Balaban J connectivity index is 1.57. The van der Waals surface area contributed by atoms with E-state index in [4.69, 9.17) is 4.74 Å². The molecule has 3 heterocycles. The third-order valence-corrected chi connectivity index (χ3v) is 5.15. The van der Waals surface area contributed by atoms with Crippen molar-refractivity contribution in [2.24, 2.45) is 5.92 Å². The van der Waals surface area contributed by atoms with Gasteiger partial charge in [0, 0.05) is 42.7 Å². The van der Waals surface area contributed by atoms with Crippen molar-refractivity contribution in [3.63, 3.8) is 0 Å². The van der Waals surface area contributed by atoms with Gasteiger partial charge >= 0.3 is 6.01 Å². The molecule has 1 aliphatic heterocycles. The Hall–Kier alpha value is -2.29. The van der Waals surface area contributed by atoms with Crippen molar-refractivity contribution in [3.05, 3.63) is 44.8 Å². The van der Waals surface area contributed by atoms with Gasteiger partial charge in [0.25, 0.3) is 5.56 Å². The van der Waals surface area contributed by atoms with Crippen LogP contribution < -0.4 is 10.3 Å². The summed E-state index contributed by atoms with van der Waals surface area (Å²) in [7, 11) is 0. The van der Waals surface area contributed by atoms with Gasteiger partial charge in [-0.2, -0.15) is 0 Å². The number of rotatable bonds is 5. The van der Waals surface area contributed by atoms with Crippen molar-refractivity contribution in [3.8, 4) is 6.01 Å². The number of likely N-dealkylation sites (tertiary alicyclic amines) is 1. The summed E-state index contributed by atoms with van der Waals surface area (Å²) in [6.45, 7) is 5.27. The SMILES string of the molecule is Cc1ncn(CC(=O)N2CCCC(COc3ncc(Br)cn3)C2)c(=O)c1C. The van der Waals surface area contributed by atoms with Crippen molar-refractivity contribution in [2.75, 3.05) is 19.7 Å². The van der Waals surface area contributed by atoms with Crippen LogP contribution in [0.1, 0.15) is 24.1 Å². The van der Waals surface area contributed by atoms with Crippen LogP contribution in [0.15, 0.2) is 28.0 Å². The topological polar surface area (TPSA) is 90.2 Å². The molecular formula is C18H22BrN5O3. The van der Waals surface area contributed by atoms with E-state index in [1.165, 1.54) is 10.9 Å². The molecule has 2 aromatic heterocycles. The summed E-state index contributed by atoms with van der Waals surface area (Å²) in [5, 5.41) is 0. The van der Waals surface area contributed by atoms with Gasteiger partial charge in [0.05, 0.1) is 17.4 Å². The molecule has 0 spiro atoms. The van der Waals surface area contributed by atoms with Crippen LogP contribution in [0, 0.1) is 19.8 Å². The number of hydrogen-bond donors (Lipinski definition) is 0. The number of aryl methyl sites for hydroxylation is 1. The minimum atomic E-state index is -0.167. The Morgan fingerprint density at radius 3 is 2.78 bits per heavy atom. The van der Waals surface area contributed by atoms with E-state index in [0.29, 0.717) is 37.0 Å². The first-order valence-corrected chi connectivity index (χ1v) is 9.64. The minimum absolute atomic E-state index is 0.0103. The summed E-state index contributed by atoms with van der Waals surface area (Å²) in [6, 6.07) is 0.328. The van der Waals surface area contributed by atoms with E-state index in [9.17, 15) is 9.59 Å². The number of piperidine rings is 1. The quantitative estimate of drug-likeness (QED) is 0.709. The van der Waals surface area contributed by atoms with Crippen molar-refractivity contribution >= 4 is 21.8 Å². The second-order valence-electron chi connectivity index (χ2n) is 6.73. The van der Waals surface area contributed by atoms with Crippen LogP contribution in [0.5, 0.6) is 6.01 Å². The highest BCUT2D eigenvalue weighted by atomic mass is 79.9. The van der Waals surface area contributed by atoms with E-state index < -0.39 is 0 Å². The third-order valence-electron chi connectivity index (χ3n) is 4.74. The zero-order valence-corrected chi connectivity index (χ0v) is 17.0. The van der Waals surface area contributed by atoms with Gasteiger partial charge in [-0.05, 0) is 42.6 Å². The lowest BCUT2D eigenvalue weighted by Gasteiger charge is -2.32. The molecule has 1 fully saturated rings. The Bertz CT molecular complexity index is 868. The van der Waals surface area contributed by atoms with Crippen molar-refractivity contribution in [1.29, 1.82) is 0 Å². The molecule has 1 saturated heterocycles. The average Bonchev–Trinajstić information content (AvgIpc) is 2.68.